The van der Waals surface area contributed by atoms with Crippen LogP contribution >= 0.6 is 15.9 Å². The van der Waals surface area contributed by atoms with Crippen LogP contribution in [0.1, 0.15) is 29.2 Å². The Bertz CT molecular complexity index is 644. The minimum Gasteiger partial charge on any atom is -0.489 e. The van der Waals surface area contributed by atoms with Gasteiger partial charge < -0.3 is 10.5 Å². The lowest BCUT2D eigenvalue weighted by Crippen LogP contribution is -2.05. The van der Waals surface area contributed by atoms with E-state index in [2.05, 4.69) is 15.9 Å². The van der Waals surface area contributed by atoms with Gasteiger partial charge in [0.2, 0.25) is 0 Å². The highest BCUT2D eigenvalue weighted by Crippen LogP contribution is 2.35. The van der Waals surface area contributed by atoms with Gasteiger partial charge in [-0.1, -0.05) is 28.1 Å². The predicted molar refractivity (Wildman–Crippen MR) is 80.1 cm³/mol. The van der Waals surface area contributed by atoms with Gasteiger partial charge in [0.15, 0.2) is 0 Å². The quantitative estimate of drug-likeness (QED) is 0.915. The Balaban J connectivity index is 1.81. The standard InChI is InChI=1S/C16H15BrFNO/c17-11-4-6-14(18)10(8-11)9-20-16-3-1-2-12-13(16)5-7-15(12)19/h1-4,6,8,15H,5,7,9,19H2. The predicted octanol–water partition coefficient (Wildman–Crippen LogP) is 4.11. The van der Waals surface area contributed by atoms with E-state index in [0.717, 1.165) is 34.2 Å². The number of hydrogen-bond donors (Lipinski definition) is 1. The van der Waals surface area contributed by atoms with Crippen LogP contribution < -0.4 is 10.5 Å². The van der Waals surface area contributed by atoms with Crippen molar-refractivity contribution >= 4 is 15.9 Å². The van der Waals surface area contributed by atoms with Crippen molar-refractivity contribution in [1.29, 1.82) is 0 Å². The average molecular weight is 336 g/mol. The lowest BCUT2D eigenvalue weighted by atomic mass is 10.1. The summed E-state index contributed by atoms with van der Waals surface area (Å²) >= 11 is 3.34. The molecule has 1 aliphatic carbocycles. The lowest BCUT2D eigenvalue weighted by molar-refractivity contribution is 0.297. The zero-order valence-electron chi connectivity index (χ0n) is 10.9. The minimum atomic E-state index is -0.252. The highest BCUT2D eigenvalue weighted by molar-refractivity contribution is 9.10. The van der Waals surface area contributed by atoms with E-state index in [-0.39, 0.29) is 18.5 Å². The Hall–Kier alpha value is -1.39. The largest absolute Gasteiger partial charge is 0.489 e. The number of rotatable bonds is 3. The van der Waals surface area contributed by atoms with Crippen LogP contribution in [0.15, 0.2) is 40.9 Å². The van der Waals surface area contributed by atoms with E-state index < -0.39 is 0 Å². The first-order chi connectivity index (χ1) is 9.65. The molecule has 2 aromatic carbocycles. The highest BCUT2D eigenvalue weighted by Gasteiger charge is 2.22. The van der Waals surface area contributed by atoms with Gasteiger partial charge in [-0.15, -0.1) is 0 Å². The molecule has 104 valence electrons. The lowest BCUT2D eigenvalue weighted by Gasteiger charge is -2.12. The molecule has 3 rings (SSSR count). The van der Waals surface area contributed by atoms with Crippen molar-refractivity contribution in [3.8, 4) is 5.75 Å². The molecule has 0 heterocycles. The molecule has 2 N–H and O–H groups in total. The normalized spacial score (nSPS) is 17.1. The zero-order chi connectivity index (χ0) is 14.1. The van der Waals surface area contributed by atoms with Crippen molar-refractivity contribution in [3.05, 3.63) is 63.4 Å². The van der Waals surface area contributed by atoms with Gasteiger partial charge >= 0.3 is 0 Å². The number of nitrogens with two attached hydrogens (primary N) is 1. The molecule has 0 saturated carbocycles. The van der Waals surface area contributed by atoms with Crippen LogP contribution in [0.3, 0.4) is 0 Å². The molecule has 0 radical (unpaired) electrons. The molecule has 0 fully saturated rings. The molecule has 1 aliphatic rings. The van der Waals surface area contributed by atoms with E-state index in [1.54, 1.807) is 12.1 Å². The van der Waals surface area contributed by atoms with E-state index in [1.807, 2.05) is 18.2 Å². The molecular weight excluding hydrogens is 321 g/mol. The molecular formula is C16H15BrFNO. The Morgan fingerprint density at radius 3 is 3.00 bits per heavy atom. The number of halogens is 2. The summed E-state index contributed by atoms with van der Waals surface area (Å²) in [5.41, 5.74) is 8.90. The number of hydrogen-bond acceptors (Lipinski definition) is 2. The molecule has 1 atom stereocenters. The third-order valence-electron chi connectivity index (χ3n) is 3.67. The summed E-state index contributed by atoms with van der Waals surface area (Å²) in [5, 5.41) is 0. The molecule has 0 saturated heterocycles. The summed E-state index contributed by atoms with van der Waals surface area (Å²) in [7, 11) is 0. The summed E-state index contributed by atoms with van der Waals surface area (Å²) in [6, 6.07) is 10.9. The second-order valence-corrected chi connectivity index (χ2v) is 5.91. The van der Waals surface area contributed by atoms with Crippen molar-refractivity contribution in [1.82, 2.24) is 0 Å². The van der Waals surface area contributed by atoms with Gasteiger partial charge in [-0.05, 0) is 48.2 Å². The summed E-state index contributed by atoms with van der Waals surface area (Å²) in [6.07, 6.45) is 1.87. The van der Waals surface area contributed by atoms with Gasteiger partial charge in [-0.2, -0.15) is 0 Å². The second-order valence-electron chi connectivity index (χ2n) is 4.99. The second kappa shape index (κ2) is 5.54. The van der Waals surface area contributed by atoms with Gasteiger partial charge in [0.05, 0.1) is 0 Å². The number of fused-ring (bicyclic) bond motifs is 1. The topological polar surface area (TPSA) is 35.2 Å². The van der Waals surface area contributed by atoms with Crippen LogP contribution in [0.4, 0.5) is 4.39 Å². The highest BCUT2D eigenvalue weighted by atomic mass is 79.9. The number of ether oxygens (including phenoxy) is 1. The van der Waals surface area contributed by atoms with Crippen molar-refractivity contribution in [2.75, 3.05) is 0 Å². The fourth-order valence-corrected chi connectivity index (χ4v) is 3.01. The Morgan fingerprint density at radius 2 is 2.15 bits per heavy atom. The first kappa shape index (κ1) is 13.6. The average Bonchev–Trinajstić information content (AvgIpc) is 2.82. The van der Waals surface area contributed by atoms with Gasteiger partial charge in [0, 0.05) is 16.1 Å². The van der Waals surface area contributed by atoms with Crippen LogP contribution in [-0.2, 0) is 13.0 Å². The van der Waals surface area contributed by atoms with E-state index in [9.17, 15) is 4.39 Å². The van der Waals surface area contributed by atoms with Crippen LogP contribution in [0, 0.1) is 5.82 Å². The van der Waals surface area contributed by atoms with Crippen LogP contribution in [0.25, 0.3) is 0 Å². The van der Waals surface area contributed by atoms with Crippen LogP contribution in [0.5, 0.6) is 5.75 Å². The van der Waals surface area contributed by atoms with E-state index in [4.69, 9.17) is 10.5 Å². The molecule has 0 amide bonds. The molecule has 2 aromatic rings. The summed E-state index contributed by atoms with van der Waals surface area (Å²) in [5.74, 6) is 0.562. The van der Waals surface area contributed by atoms with Crippen molar-refractivity contribution in [2.45, 2.75) is 25.5 Å². The molecule has 0 spiro atoms. The summed E-state index contributed by atoms with van der Waals surface area (Å²) < 4.78 is 20.3. The Morgan fingerprint density at radius 1 is 1.30 bits per heavy atom. The monoisotopic (exact) mass is 335 g/mol. The van der Waals surface area contributed by atoms with Crippen molar-refractivity contribution in [2.24, 2.45) is 5.73 Å². The van der Waals surface area contributed by atoms with Crippen molar-refractivity contribution < 1.29 is 9.13 Å². The summed E-state index contributed by atoms with van der Waals surface area (Å²) in [6.45, 7) is 0.219. The van der Waals surface area contributed by atoms with Crippen molar-refractivity contribution in [3.63, 3.8) is 0 Å². The fraction of sp³-hybridized carbons (Fsp3) is 0.250. The maximum absolute atomic E-state index is 13.7. The first-order valence-electron chi connectivity index (χ1n) is 6.59. The first-order valence-corrected chi connectivity index (χ1v) is 7.38. The van der Waals surface area contributed by atoms with Crippen LogP contribution in [0.2, 0.25) is 0 Å². The number of benzene rings is 2. The third-order valence-corrected chi connectivity index (χ3v) is 4.16. The van der Waals surface area contributed by atoms with E-state index in [1.165, 1.54) is 6.07 Å². The van der Waals surface area contributed by atoms with E-state index in [0.29, 0.717) is 5.56 Å². The molecule has 0 aliphatic heterocycles. The SMILES string of the molecule is NC1CCc2c(OCc3cc(Br)ccc3F)cccc21. The molecule has 20 heavy (non-hydrogen) atoms. The van der Waals surface area contributed by atoms with Crippen LogP contribution in [-0.4, -0.2) is 0 Å². The Kier molecular flexibility index (Phi) is 3.76. The Labute approximate surface area is 125 Å². The van der Waals surface area contributed by atoms with E-state index >= 15 is 0 Å². The van der Waals surface area contributed by atoms with Gasteiger partial charge in [0.25, 0.3) is 0 Å². The maximum Gasteiger partial charge on any atom is 0.129 e. The molecule has 0 aromatic heterocycles. The van der Waals surface area contributed by atoms with Gasteiger partial charge in [-0.25, -0.2) is 4.39 Å². The molecule has 1 unspecified atom stereocenters. The minimum absolute atomic E-state index is 0.0937. The third kappa shape index (κ3) is 2.58. The van der Waals surface area contributed by atoms with Gasteiger partial charge in [-0.3, -0.25) is 0 Å². The molecule has 2 nitrogen and oxygen atoms in total. The maximum atomic E-state index is 13.7. The fourth-order valence-electron chi connectivity index (χ4n) is 2.60. The molecule has 0 bridgehead atoms. The van der Waals surface area contributed by atoms with Gasteiger partial charge in [0.1, 0.15) is 18.2 Å². The molecule has 4 heteroatoms. The smallest absolute Gasteiger partial charge is 0.129 e. The summed E-state index contributed by atoms with van der Waals surface area (Å²) in [4.78, 5) is 0. The zero-order valence-corrected chi connectivity index (χ0v) is 12.5.